The van der Waals surface area contributed by atoms with Gasteiger partial charge < -0.3 is 0 Å². The van der Waals surface area contributed by atoms with Crippen molar-refractivity contribution >= 4 is 34.2 Å². The summed E-state index contributed by atoms with van der Waals surface area (Å²) in [6.45, 7) is 2.18. The third-order valence-corrected chi connectivity index (χ3v) is 3.47. The maximum atomic E-state index is 2.40. The molecule has 0 N–H and O–H groups in total. The Morgan fingerprint density at radius 2 is 1.94 bits per heavy atom. The van der Waals surface area contributed by atoms with Gasteiger partial charge in [-0.25, -0.2) is 0 Å². The minimum absolute atomic E-state index is 1.12. The monoisotopic (exact) mass is 322 g/mol. The molecule has 0 heterocycles. The van der Waals surface area contributed by atoms with Crippen LogP contribution in [-0.2, 0) is 0 Å². The van der Waals surface area contributed by atoms with Crippen molar-refractivity contribution in [3.63, 3.8) is 0 Å². The van der Waals surface area contributed by atoms with Crippen LogP contribution in [-0.4, -0.2) is 0 Å². The first-order valence-corrected chi connectivity index (χ1v) is 6.65. The van der Waals surface area contributed by atoms with Crippen LogP contribution in [0.4, 0.5) is 0 Å². The van der Waals surface area contributed by atoms with Crippen LogP contribution in [0.15, 0.2) is 46.1 Å². The van der Waals surface area contributed by atoms with Gasteiger partial charge in [0.1, 0.15) is 0 Å². The van der Waals surface area contributed by atoms with E-state index in [1.54, 1.807) is 0 Å². The number of fused-ring (bicyclic) bond motifs is 1. The smallest absolute Gasteiger partial charge is 0.00962 e. The van der Waals surface area contributed by atoms with Crippen LogP contribution in [0, 0.1) is 0 Å². The lowest BCUT2D eigenvalue weighted by Gasteiger charge is -1.99. The van der Waals surface area contributed by atoms with Crippen LogP contribution in [0.25, 0.3) is 11.6 Å². The van der Waals surface area contributed by atoms with Gasteiger partial charge >= 0.3 is 0 Å². The second kappa shape index (κ2) is 5.48. The lowest BCUT2D eigenvalue weighted by atomic mass is 10.1. The molecule has 1 heteroatoms. The minimum atomic E-state index is 1.12. The van der Waals surface area contributed by atoms with Gasteiger partial charge in [-0.15, -0.1) is 0 Å². The summed E-state index contributed by atoms with van der Waals surface area (Å²) in [4.78, 5) is 0. The fraction of sp³-hybridized carbons (Fsp3) is 0.200. The Hall–Kier alpha value is -0.830. The molecular formula is C15H15I. The maximum absolute atomic E-state index is 2.40. The number of halogens is 1. The fourth-order valence-electron chi connectivity index (χ4n) is 1.86. The van der Waals surface area contributed by atoms with Crippen molar-refractivity contribution in [3.8, 4) is 0 Å². The molecule has 1 aromatic rings. The van der Waals surface area contributed by atoms with Crippen LogP contribution < -0.4 is 10.4 Å². The first-order valence-electron chi connectivity index (χ1n) is 5.57. The molecule has 0 atom stereocenters. The summed E-state index contributed by atoms with van der Waals surface area (Å²) in [7, 11) is 0. The molecule has 1 aromatic carbocycles. The Morgan fingerprint density at radius 1 is 1.12 bits per heavy atom. The molecule has 0 spiro atoms. The second-order valence-corrected chi connectivity index (χ2v) is 5.23. The minimum Gasteiger partial charge on any atom is -0.0839 e. The highest BCUT2D eigenvalue weighted by Gasteiger charge is 1.93. The molecule has 0 radical (unpaired) electrons. The van der Waals surface area contributed by atoms with Crippen LogP contribution in [0.2, 0.25) is 0 Å². The maximum Gasteiger partial charge on any atom is 0.00962 e. The first-order chi connectivity index (χ1) is 7.77. The van der Waals surface area contributed by atoms with E-state index in [1.807, 2.05) is 0 Å². The summed E-state index contributed by atoms with van der Waals surface area (Å²) >= 11 is 2.40. The molecule has 0 saturated carbocycles. The molecule has 1 aliphatic carbocycles. The van der Waals surface area contributed by atoms with E-state index in [0.29, 0.717) is 0 Å². The average molecular weight is 322 g/mol. The van der Waals surface area contributed by atoms with Gasteiger partial charge in [-0.2, -0.15) is 0 Å². The quantitative estimate of drug-likeness (QED) is 0.643. The first kappa shape index (κ1) is 11.6. The van der Waals surface area contributed by atoms with Gasteiger partial charge in [0.05, 0.1) is 0 Å². The Bertz CT molecular complexity index is 547. The summed E-state index contributed by atoms with van der Waals surface area (Å²) in [5.41, 5.74) is 1.35. The second-order valence-electron chi connectivity index (χ2n) is 3.98. The third-order valence-electron chi connectivity index (χ3n) is 2.72. The van der Waals surface area contributed by atoms with Crippen molar-refractivity contribution in [1.29, 1.82) is 0 Å². The zero-order chi connectivity index (χ0) is 11.4. The number of hydrogen-bond donors (Lipinski definition) is 0. The zero-order valence-corrected chi connectivity index (χ0v) is 11.6. The molecule has 0 amide bonds. The van der Waals surface area contributed by atoms with Gasteiger partial charge in [0.2, 0.25) is 0 Å². The van der Waals surface area contributed by atoms with E-state index in [-0.39, 0.29) is 0 Å². The predicted octanol–water partition coefficient (Wildman–Crippen LogP) is 3.31. The molecule has 0 saturated heterocycles. The van der Waals surface area contributed by atoms with Crippen LogP contribution in [0.3, 0.4) is 0 Å². The lowest BCUT2D eigenvalue weighted by Crippen LogP contribution is -2.25. The van der Waals surface area contributed by atoms with Crippen LogP contribution >= 0.6 is 22.6 Å². The summed E-state index contributed by atoms with van der Waals surface area (Å²) < 4.78 is 1.33. The van der Waals surface area contributed by atoms with Gasteiger partial charge in [0.25, 0.3) is 0 Å². The highest BCUT2D eigenvalue weighted by Crippen LogP contribution is 2.10. The van der Waals surface area contributed by atoms with Crippen molar-refractivity contribution in [1.82, 2.24) is 0 Å². The fourth-order valence-corrected chi connectivity index (χ4v) is 2.50. The molecule has 2 rings (SSSR count). The molecular weight excluding hydrogens is 307 g/mol. The highest BCUT2D eigenvalue weighted by molar-refractivity contribution is 14.1. The Balaban J connectivity index is 2.76. The molecule has 82 valence electrons. The SMILES string of the molecule is CC1=c2\cccc\c2=C\C(I)=C\CC\C=C\1. The molecule has 1 aliphatic rings. The summed E-state index contributed by atoms with van der Waals surface area (Å²) in [6.07, 6.45) is 11.3. The van der Waals surface area contributed by atoms with Gasteiger partial charge in [0.15, 0.2) is 0 Å². The number of benzene rings is 1. The van der Waals surface area contributed by atoms with Crippen molar-refractivity contribution in [2.75, 3.05) is 0 Å². The van der Waals surface area contributed by atoms with Crippen molar-refractivity contribution in [3.05, 3.63) is 56.5 Å². The number of rotatable bonds is 0. The average Bonchev–Trinajstić information content (AvgIpc) is 2.28. The van der Waals surface area contributed by atoms with E-state index < -0.39 is 0 Å². The Kier molecular flexibility index (Phi) is 3.99. The molecule has 16 heavy (non-hydrogen) atoms. The van der Waals surface area contributed by atoms with E-state index in [9.17, 15) is 0 Å². The molecule has 0 bridgehead atoms. The van der Waals surface area contributed by atoms with E-state index in [2.05, 4.69) is 78.1 Å². The van der Waals surface area contributed by atoms with Crippen molar-refractivity contribution in [2.45, 2.75) is 19.8 Å². The molecule has 0 nitrogen and oxygen atoms in total. The van der Waals surface area contributed by atoms with Gasteiger partial charge in [-0.05, 0) is 64.4 Å². The topological polar surface area (TPSA) is 0 Å². The van der Waals surface area contributed by atoms with Crippen molar-refractivity contribution < 1.29 is 0 Å². The summed E-state index contributed by atoms with van der Waals surface area (Å²) in [6, 6.07) is 8.58. The van der Waals surface area contributed by atoms with Gasteiger partial charge in [-0.1, -0.05) is 42.5 Å². The van der Waals surface area contributed by atoms with Gasteiger partial charge in [0, 0.05) is 3.58 Å². The largest absolute Gasteiger partial charge is 0.0839 e. The van der Waals surface area contributed by atoms with E-state index in [0.717, 1.165) is 12.8 Å². The molecule has 0 fully saturated rings. The van der Waals surface area contributed by atoms with Gasteiger partial charge in [-0.3, -0.25) is 0 Å². The Morgan fingerprint density at radius 3 is 2.81 bits per heavy atom. The lowest BCUT2D eigenvalue weighted by molar-refractivity contribution is 1.05. The predicted molar refractivity (Wildman–Crippen MR) is 79.7 cm³/mol. The van der Waals surface area contributed by atoms with Crippen molar-refractivity contribution in [2.24, 2.45) is 0 Å². The zero-order valence-electron chi connectivity index (χ0n) is 9.41. The molecule has 0 unspecified atom stereocenters. The third kappa shape index (κ3) is 2.85. The highest BCUT2D eigenvalue weighted by atomic mass is 127. The van der Waals surface area contributed by atoms with E-state index in [4.69, 9.17) is 0 Å². The van der Waals surface area contributed by atoms with E-state index >= 15 is 0 Å². The molecule has 0 aliphatic heterocycles. The standard InChI is InChI=1S/C15H15I/c1-12-7-3-2-4-9-14(16)11-13-8-5-6-10-15(12)13/h3,5-11H,2,4H2,1H3/b7-3+,13-11-,14-9-,15-12-. The number of hydrogen-bond acceptors (Lipinski definition) is 0. The van der Waals surface area contributed by atoms with E-state index in [1.165, 1.54) is 19.6 Å². The normalized spacial score (nSPS) is 26.9. The van der Waals surface area contributed by atoms with Crippen LogP contribution in [0.5, 0.6) is 0 Å². The summed E-state index contributed by atoms with van der Waals surface area (Å²) in [5.74, 6) is 0. The Labute approximate surface area is 110 Å². The summed E-state index contributed by atoms with van der Waals surface area (Å²) in [5, 5.41) is 2.65. The molecule has 0 aromatic heterocycles. The number of allylic oxidation sites excluding steroid dienone is 4. The van der Waals surface area contributed by atoms with Crippen LogP contribution in [0.1, 0.15) is 19.8 Å².